The van der Waals surface area contributed by atoms with Crippen LogP contribution in [0.25, 0.3) is 0 Å². The second-order valence-corrected chi connectivity index (χ2v) is 5.74. The first-order valence-electron chi connectivity index (χ1n) is 4.20. The van der Waals surface area contributed by atoms with Gasteiger partial charge in [0.1, 0.15) is 10.6 Å². The van der Waals surface area contributed by atoms with Gasteiger partial charge in [0.05, 0.1) is 19.4 Å². The van der Waals surface area contributed by atoms with Gasteiger partial charge < -0.3 is 15.6 Å². The number of aliphatic hydroxyl groups excluding tert-OH is 1. The Labute approximate surface area is 93.7 Å². The van der Waals surface area contributed by atoms with Crippen molar-refractivity contribution in [1.29, 1.82) is 0 Å². The van der Waals surface area contributed by atoms with Gasteiger partial charge in [-0.15, -0.1) is 0 Å². The molecule has 0 amide bonds. The average molecular weight is 279 g/mol. The first-order valence-corrected chi connectivity index (χ1v) is 6.15. The number of aliphatic hydroxyl groups is 1. The summed E-state index contributed by atoms with van der Waals surface area (Å²) in [6.07, 6.45) is 0. The Balaban J connectivity index is 3.58. The maximum absolute atomic E-state index is 12.5. The summed E-state index contributed by atoms with van der Waals surface area (Å²) in [7, 11) is -8.70. The summed E-state index contributed by atoms with van der Waals surface area (Å²) in [5.74, 6) is -0.252. The van der Waals surface area contributed by atoms with Crippen LogP contribution in [0.5, 0.6) is 5.75 Å². The largest absolute Gasteiger partial charge is 0.494 e. The van der Waals surface area contributed by atoms with Crippen molar-refractivity contribution in [2.75, 3.05) is 12.8 Å². The normalized spacial score (nSPS) is 16.2. The molecule has 0 saturated heterocycles. The van der Waals surface area contributed by atoms with E-state index < -0.39 is 33.0 Å². The molecule has 0 radical (unpaired) electrons. The van der Waals surface area contributed by atoms with E-state index in [2.05, 4.69) is 4.74 Å². The molecule has 100 valence electrons. The van der Waals surface area contributed by atoms with Crippen molar-refractivity contribution < 1.29 is 29.3 Å². The molecule has 0 aromatic heterocycles. The van der Waals surface area contributed by atoms with Crippen LogP contribution in [-0.2, 0) is 6.61 Å². The highest BCUT2D eigenvalue weighted by atomic mass is 32.5. The van der Waals surface area contributed by atoms with Crippen molar-refractivity contribution in [3.63, 3.8) is 0 Å². The Morgan fingerprint density at radius 2 is 1.76 bits per heavy atom. The Kier molecular flexibility index (Phi) is 2.58. The fourth-order valence-corrected chi connectivity index (χ4v) is 1.99. The van der Waals surface area contributed by atoms with Crippen molar-refractivity contribution in [1.82, 2.24) is 0 Å². The van der Waals surface area contributed by atoms with E-state index in [1.54, 1.807) is 0 Å². The number of rotatable bonds is 3. The molecule has 0 atom stereocenters. The predicted octanol–water partition coefficient (Wildman–Crippen LogP) is 3.43. The van der Waals surface area contributed by atoms with Gasteiger partial charge in [0.2, 0.25) is 0 Å². The lowest BCUT2D eigenvalue weighted by Crippen LogP contribution is -2.09. The molecular weight excluding hydrogens is 269 g/mol. The Bertz CT molecular complexity index is 458. The third kappa shape index (κ3) is 2.91. The lowest BCUT2D eigenvalue weighted by Gasteiger charge is -2.41. The van der Waals surface area contributed by atoms with Gasteiger partial charge in [0, 0.05) is 5.56 Å². The second kappa shape index (κ2) is 3.16. The highest BCUT2D eigenvalue weighted by molar-refractivity contribution is 8.45. The van der Waals surface area contributed by atoms with Crippen molar-refractivity contribution in [2.24, 2.45) is 0 Å². The van der Waals surface area contributed by atoms with Gasteiger partial charge in [-0.05, 0) is 12.1 Å². The number of anilines is 1. The third-order valence-electron chi connectivity index (χ3n) is 1.99. The Hall–Kier alpha value is -1.22. The smallest absolute Gasteiger partial charge is 0.310 e. The summed E-state index contributed by atoms with van der Waals surface area (Å²) < 4.78 is 67.1. The number of hydrogen-bond donors (Lipinski definition) is 2. The van der Waals surface area contributed by atoms with E-state index in [9.17, 15) is 19.4 Å². The highest BCUT2D eigenvalue weighted by Crippen LogP contribution is 3.02. The van der Waals surface area contributed by atoms with Crippen LogP contribution >= 0.6 is 10.2 Å². The minimum Gasteiger partial charge on any atom is -0.494 e. The first kappa shape index (κ1) is 13.8. The van der Waals surface area contributed by atoms with Gasteiger partial charge in [0.25, 0.3) is 0 Å². The molecule has 0 aliphatic rings. The van der Waals surface area contributed by atoms with Gasteiger partial charge in [-0.3, -0.25) is 0 Å². The summed E-state index contributed by atoms with van der Waals surface area (Å²) in [6.45, 7) is -0.894. The predicted molar refractivity (Wildman–Crippen MR) is 54.7 cm³/mol. The number of benzene rings is 1. The fraction of sp³-hybridized carbons (Fsp3) is 0.250. The minimum atomic E-state index is -9.80. The van der Waals surface area contributed by atoms with Gasteiger partial charge in [-0.1, -0.05) is 19.4 Å². The molecule has 0 aliphatic heterocycles. The van der Waals surface area contributed by atoms with Crippen molar-refractivity contribution >= 4 is 15.9 Å². The van der Waals surface area contributed by atoms with Crippen molar-refractivity contribution in [3.05, 3.63) is 17.7 Å². The monoisotopic (exact) mass is 279 g/mol. The van der Waals surface area contributed by atoms with Crippen LogP contribution in [0, 0.1) is 0 Å². The van der Waals surface area contributed by atoms with Gasteiger partial charge in [-0.2, -0.15) is 0 Å². The van der Waals surface area contributed by atoms with Gasteiger partial charge >= 0.3 is 10.2 Å². The highest BCUT2D eigenvalue weighted by Gasteiger charge is 2.65. The van der Waals surface area contributed by atoms with Gasteiger partial charge in [-0.25, -0.2) is 0 Å². The molecule has 0 spiro atoms. The summed E-state index contributed by atoms with van der Waals surface area (Å²) >= 11 is 0. The molecule has 3 N–H and O–H groups in total. The lowest BCUT2D eigenvalue weighted by atomic mass is 10.2. The number of methoxy groups -OCH3 is 1. The number of ether oxygens (including phenoxy) is 1. The van der Waals surface area contributed by atoms with E-state index >= 15 is 0 Å². The summed E-state index contributed by atoms with van der Waals surface area (Å²) in [4.78, 5) is -2.15. The lowest BCUT2D eigenvalue weighted by molar-refractivity contribution is 0.273. The average Bonchev–Trinajstić information content (AvgIpc) is 2.12. The Morgan fingerprint density at radius 3 is 2.12 bits per heavy atom. The van der Waals surface area contributed by atoms with E-state index in [1.807, 2.05) is 0 Å². The van der Waals surface area contributed by atoms with E-state index in [0.29, 0.717) is 0 Å². The molecule has 1 aromatic carbocycles. The first-order chi connectivity index (χ1) is 7.38. The fourth-order valence-electron chi connectivity index (χ4n) is 1.27. The molecule has 9 heteroatoms. The molecule has 0 fully saturated rings. The number of nitrogen functional groups attached to an aromatic ring is 1. The van der Waals surface area contributed by atoms with Crippen LogP contribution in [0.3, 0.4) is 0 Å². The standard InChI is InChI=1S/C8H10F5NO2S/c1-16-8-5(4-15)2-6(3-7(8)14)17(9,10,11,12)13/h2-3,15H,4,14H2,1H3. The molecule has 17 heavy (non-hydrogen) atoms. The van der Waals surface area contributed by atoms with E-state index in [4.69, 9.17) is 10.8 Å². The van der Waals surface area contributed by atoms with Crippen LogP contribution in [0.15, 0.2) is 17.0 Å². The SMILES string of the molecule is COc1c(N)cc(S(F)(F)(F)(F)F)cc1CO. The zero-order chi connectivity index (χ0) is 13.5. The molecule has 0 unspecified atom stereocenters. The zero-order valence-corrected chi connectivity index (χ0v) is 9.41. The number of halogens is 5. The Morgan fingerprint density at radius 1 is 1.24 bits per heavy atom. The summed E-state index contributed by atoms with van der Waals surface area (Å²) in [5.41, 5.74) is 4.11. The van der Waals surface area contributed by atoms with Gasteiger partial charge in [0.15, 0.2) is 0 Å². The molecule has 0 aliphatic carbocycles. The zero-order valence-electron chi connectivity index (χ0n) is 8.59. The van der Waals surface area contributed by atoms with E-state index in [-0.39, 0.29) is 17.9 Å². The quantitative estimate of drug-likeness (QED) is 0.658. The van der Waals surface area contributed by atoms with E-state index in [1.165, 1.54) is 0 Å². The maximum atomic E-state index is 12.5. The van der Waals surface area contributed by atoms with Crippen LogP contribution in [0.4, 0.5) is 25.1 Å². The second-order valence-electron chi connectivity index (χ2n) is 3.33. The van der Waals surface area contributed by atoms with Crippen molar-refractivity contribution in [2.45, 2.75) is 11.5 Å². The summed E-state index contributed by atoms with van der Waals surface area (Å²) in [5, 5.41) is 8.80. The summed E-state index contributed by atoms with van der Waals surface area (Å²) in [6, 6.07) is 0.232. The molecule has 0 heterocycles. The molecule has 0 saturated carbocycles. The van der Waals surface area contributed by atoms with Crippen LogP contribution < -0.4 is 10.5 Å². The molecule has 3 nitrogen and oxygen atoms in total. The molecule has 0 bridgehead atoms. The van der Waals surface area contributed by atoms with E-state index in [0.717, 1.165) is 7.11 Å². The topological polar surface area (TPSA) is 55.5 Å². The van der Waals surface area contributed by atoms with Crippen molar-refractivity contribution in [3.8, 4) is 5.75 Å². The molecule has 1 rings (SSSR count). The maximum Gasteiger partial charge on any atom is 0.310 e. The number of nitrogens with two attached hydrogens (primary N) is 1. The number of hydrogen-bond acceptors (Lipinski definition) is 3. The van der Waals surface area contributed by atoms with Crippen LogP contribution in [0.1, 0.15) is 5.56 Å². The minimum absolute atomic E-state index is 0.0968. The van der Waals surface area contributed by atoms with Crippen LogP contribution in [-0.4, -0.2) is 12.2 Å². The van der Waals surface area contributed by atoms with Crippen LogP contribution in [0.2, 0.25) is 0 Å². The molecule has 1 aromatic rings. The third-order valence-corrected chi connectivity index (χ3v) is 3.11. The molecular formula is C8H10F5NO2S.